The molecule has 1 amide bonds. The summed E-state index contributed by atoms with van der Waals surface area (Å²) in [5.41, 5.74) is 0.964. The van der Waals surface area contributed by atoms with E-state index in [-0.39, 0.29) is 18.1 Å². The zero-order valence-corrected chi connectivity index (χ0v) is 12.1. The molecule has 1 aliphatic heterocycles. The quantitative estimate of drug-likeness (QED) is 0.628. The molecule has 22 heavy (non-hydrogen) atoms. The molecule has 1 heterocycles. The lowest BCUT2D eigenvalue weighted by molar-refractivity contribution is -0.384. The number of anilines is 1. The van der Waals surface area contributed by atoms with Crippen LogP contribution in [-0.2, 0) is 9.59 Å². The van der Waals surface area contributed by atoms with Crippen molar-refractivity contribution in [3.8, 4) is 0 Å². The standard InChI is InChI=1S/C14H17N3O5/c1-9-4-5-10(17(21)22)7-11(9)15-13(18)8-16-6-2-3-12(16)14(19)20/h4-5,7,12H,2-3,6,8H2,1H3,(H,15,18)(H,19,20). The molecule has 2 rings (SSSR count). The third-order valence-electron chi connectivity index (χ3n) is 3.70. The van der Waals surface area contributed by atoms with Gasteiger partial charge in [-0.25, -0.2) is 0 Å². The molecule has 8 heteroatoms. The predicted molar refractivity (Wildman–Crippen MR) is 78.7 cm³/mol. The van der Waals surface area contributed by atoms with E-state index in [1.807, 2.05) is 0 Å². The van der Waals surface area contributed by atoms with Gasteiger partial charge in [0, 0.05) is 12.1 Å². The number of benzene rings is 1. The van der Waals surface area contributed by atoms with Crippen LogP contribution >= 0.6 is 0 Å². The largest absolute Gasteiger partial charge is 0.480 e. The Morgan fingerprint density at radius 1 is 1.50 bits per heavy atom. The Bertz CT molecular complexity index is 616. The number of amides is 1. The van der Waals surface area contributed by atoms with Crippen molar-refractivity contribution in [3.63, 3.8) is 0 Å². The monoisotopic (exact) mass is 307 g/mol. The summed E-state index contributed by atoms with van der Waals surface area (Å²) in [7, 11) is 0. The van der Waals surface area contributed by atoms with Crippen LogP contribution in [0.2, 0.25) is 0 Å². The Morgan fingerprint density at radius 2 is 2.23 bits per heavy atom. The van der Waals surface area contributed by atoms with Gasteiger partial charge in [-0.3, -0.25) is 24.6 Å². The molecule has 0 bridgehead atoms. The fourth-order valence-corrected chi connectivity index (χ4v) is 2.53. The number of hydrogen-bond acceptors (Lipinski definition) is 5. The summed E-state index contributed by atoms with van der Waals surface area (Å²) in [6.45, 7) is 2.24. The number of aliphatic carboxylic acids is 1. The van der Waals surface area contributed by atoms with Gasteiger partial charge in [0.15, 0.2) is 0 Å². The Hall–Kier alpha value is -2.48. The number of hydrogen-bond donors (Lipinski definition) is 2. The average Bonchev–Trinajstić information content (AvgIpc) is 2.89. The number of carboxylic acids is 1. The fourth-order valence-electron chi connectivity index (χ4n) is 2.53. The van der Waals surface area contributed by atoms with Gasteiger partial charge < -0.3 is 10.4 Å². The molecule has 1 unspecified atom stereocenters. The molecule has 8 nitrogen and oxygen atoms in total. The van der Waals surface area contributed by atoms with Gasteiger partial charge in [-0.2, -0.15) is 0 Å². The van der Waals surface area contributed by atoms with Crippen molar-refractivity contribution < 1.29 is 19.6 Å². The molecule has 1 aliphatic rings. The van der Waals surface area contributed by atoms with Gasteiger partial charge in [-0.1, -0.05) is 6.07 Å². The lowest BCUT2D eigenvalue weighted by Gasteiger charge is -2.20. The van der Waals surface area contributed by atoms with Gasteiger partial charge in [0.05, 0.1) is 17.2 Å². The highest BCUT2D eigenvalue weighted by Gasteiger charge is 2.31. The minimum absolute atomic E-state index is 0.0426. The van der Waals surface area contributed by atoms with E-state index in [1.165, 1.54) is 12.1 Å². The number of nitrogens with one attached hydrogen (secondary N) is 1. The Morgan fingerprint density at radius 3 is 2.86 bits per heavy atom. The number of nitro benzene ring substituents is 1. The molecule has 0 aromatic heterocycles. The van der Waals surface area contributed by atoms with Crippen LogP contribution in [0.5, 0.6) is 0 Å². The number of non-ortho nitro benzene ring substituents is 1. The second-order valence-electron chi connectivity index (χ2n) is 5.27. The molecule has 1 atom stereocenters. The molecule has 118 valence electrons. The minimum Gasteiger partial charge on any atom is -0.480 e. The molecule has 0 aliphatic carbocycles. The van der Waals surface area contributed by atoms with Crippen LogP contribution in [0, 0.1) is 17.0 Å². The van der Waals surface area contributed by atoms with Crippen LogP contribution in [0.3, 0.4) is 0 Å². The maximum absolute atomic E-state index is 12.1. The molecule has 1 aromatic rings. The summed E-state index contributed by atoms with van der Waals surface area (Å²) in [5, 5.41) is 22.5. The summed E-state index contributed by atoms with van der Waals surface area (Å²) in [5.74, 6) is -1.31. The second-order valence-corrected chi connectivity index (χ2v) is 5.27. The normalized spacial score (nSPS) is 18.1. The third kappa shape index (κ3) is 3.59. The lowest BCUT2D eigenvalue weighted by atomic mass is 10.2. The molecular weight excluding hydrogens is 290 g/mol. The van der Waals surface area contributed by atoms with Crippen molar-refractivity contribution in [2.45, 2.75) is 25.8 Å². The zero-order valence-electron chi connectivity index (χ0n) is 12.1. The summed E-state index contributed by atoms with van der Waals surface area (Å²) < 4.78 is 0. The van der Waals surface area contributed by atoms with Crippen LogP contribution in [0.25, 0.3) is 0 Å². The Kier molecular flexibility index (Phi) is 4.71. The Labute approximate surface area is 126 Å². The first-order chi connectivity index (χ1) is 10.4. The van der Waals surface area contributed by atoms with Crippen LogP contribution in [0.4, 0.5) is 11.4 Å². The molecule has 0 radical (unpaired) electrons. The van der Waals surface area contributed by atoms with Gasteiger partial charge in [-0.15, -0.1) is 0 Å². The first-order valence-corrected chi connectivity index (χ1v) is 6.90. The van der Waals surface area contributed by atoms with Gasteiger partial charge >= 0.3 is 5.97 Å². The number of nitrogens with zero attached hydrogens (tertiary/aromatic N) is 2. The van der Waals surface area contributed by atoms with Gasteiger partial charge in [0.25, 0.3) is 5.69 Å². The number of aryl methyl sites for hydroxylation is 1. The molecule has 0 saturated carbocycles. The first-order valence-electron chi connectivity index (χ1n) is 6.90. The Balaban J connectivity index is 2.04. The van der Waals surface area contributed by atoms with Crippen LogP contribution in [-0.4, -0.2) is 45.9 Å². The molecule has 0 spiro atoms. The van der Waals surface area contributed by atoms with Crippen LogP contribution in [0.1, 0.15) is 18.4 Å². The molecular formula is C14H17N3O5. The average molecular weight is 307 g/mol. The van der Waals surface area contributed by atoms with E-state index < -0.39 is 16.9 Å². The maximum atomic E-state index is 12.1. The third-order valence-corrected chi connectivity index (χ3v) is 3.70. The minimum atomic E-state index is -0.933. The first kappa shape index (κ1) is 15.9. The highest BCUT2D eigenvalue weighted by Crippen LogP contribution is 2.22. The molecule has 1 fully saturated rings. The van der Waals surface area contributed by atoms with Crippen LogP contribution in [0.15, 0.2) is 18.2 Å². The van der Waals surface area contributed by atoms with Crippen molar-refractivity contribution in [1.29, 1.82) is 0 Å². The van der Waals surface area contributed by atoms with Crippen molar-refractivity contribution >= 4 is 23.3 Å². The fraction of sp³-hybridized carbons (Fsp3) is 0.429. The van der Waals surface area contributed by atoms with E-state index in [4.69, 9.17) is 5.11 Å². The predicted octanol–water partition coefficient (Wildman–Crippen LogP) is 1.39. The smallest absolute Gasteiger partial charge is 0.320 e. The number of carbonyl (C=O) groups excluding carboxylic acids is 1. The van der Waals surface area contributed by atoms with E-state index in [0.29, 0.717) is 24.2 Å². The topological polar surface area (TPSA) is 113 Å². The second kappa shape index (κ2) is 6.52. The summed E-state index contributed by atoms with van der Waals surface area (Å²) in [6, 6.07) is 3.58. The number of nitro groups is 1. The van der Waals surface area contributed by atoms with E-state index >= 15 is 0 Å². The highest BCUT2D eigenvalue weighted by molar-refractivity contribution is 5.93. The molecule has 1 saturated heterocycles. The highest BCUT2D eigenvalue weighted by atomic mass is 16.6. The van der Waals surface area contributed by atoms with Crippen molar-refractivity contribution in [2.75, 3.05) is 18.4 Å². The van der Waals surface area contributed by atoms with Crippen molar-refractivity contribution in [1.82, 2.24) is 4.90 Å². The van der Waals surface area contributed by atoms with Crippen molar-refractivity contribution in [3.05, 3.63) is 33.9 Å². The van der Waals surface area contributed by atoms with E-state index in [2.05, 4.69) is 5.32 Å². The van der Waals surface area contributed by atoms with E-state index in [1.54, 1.807) is 17.9 Å². The summed E-state index contributed by atoms with van der Waals surface area (Å²) >= 11 is 0. The number of carbonyl (C=O) groups is 2. The molecule has 1 aromatic carbocycles. The summed E-state index contributed by atoms with van der Waals surface area (Å²) in [6.07, 6.45) is 1.26. The van der Waals surface area contributed by atoms with Gasteiger partial charge in [0.2, 0.25) is 5.91 Å². The van der Waals surface area contributed by atoms with Gasteiger partial charge in [0.1, 0.15) is 6.04 Å². The maximum Gasteiger partial charge on any atom is 0.320 e. The number of rotatable bonds is 5. The zero-order chi connectivity index (χ0) is 16.3. The van der Waals surface area contributed by atoms with E-state index in [0.717, 1.165) is 6.42 Å². The number of carboxylic acid groups (broad SMARTS) is 1. The number of likely N-dealkylation sites (tertiary alicyclic amines) is 1. The van der Waals surface area contributed by atoms with E-state index in [9.17, 15) is 19.7 Å². The van der Waals surface area contributed by atoms with Gasteiger partial charge in [-0.05, 0) is 31.9 Å². The van der Waals surface area contributed by atoms with Crippen LogP contribution < -0.4 is 5.32 Å². The lowest BCUT2D eigenvalue weighted by Crippen LogP contribution is -2.41. The van der Waals surface area contributed by atoms with Crippen molar-refractivity contribution in [2.24, 2.45) is 0 Å². The summed E-state index contributed by atoms with van der Waals surface area (Å²) in [4.78, 5) is 35.0. The molecule has 2 N–H and O–H groups in total. The SMILES string of the molecule is Cc1ccc([N+](=O)[O-])cc1NC(=O)CN1CCCC1C(=O)O.